The third-order valence-corrected chi connectivity index (χ3v) is 3.31. The highest BCUT2D eigenvalue weighted by Crippen LogP contribution is 2.18. The predicted molar refractivity (Wildman–Crippen MR) is 79.1 cm³/mol. The lowest BCUT2D eigenvalue weighted by Crippen LogP contribution is -2.27. The van der Waals surface area contributed by atoms with Crippen molar-refractivity contribution in [3.63, 3.8) is 0 Å². The Hall–Kier alpha value is -2.16. The first-order valence-corrected chi connectivity index (χ1v) is 6.76. The van der Waals surface area contributed by atoms with E-state index in [9.17, 15) is 4.79 Å². The molecule has 1 aromatic heterocycles. The summed E-state index contributed by atoms with van der Waals surface area (Å²) in [5, 5.41) is 18.8. The van der Waals surface area contributed by atoms with Crippen LogP contribution in [-0.2, 0) is 0 Å². The van der Waals surface area contributed by atoms with Gasteiger partial charge in [0.1, 0.15) is 0 Å². The van der Waals surface area contributed by atoms with Crippen molar-refractivity contribution in [3.05, 3.63) is 57.3 Å². The Morgan fingerprint density at radius 1 is 1.29 bits per heavy atom. The van der Waals surface area contributed by atoms with Crippen LogP contribution in [-0.4, -0.2) is 16.1 Å². The molecule has 1 atom stereocenters. The molecule has 106 valence electrons. The minimum atomic E-state index is -0.395. The van der Waals surface area contributed by atoms with E-state index in [1.807, 2.05) is 13.0 Å². The molecule has 1 unspecified atom stereocenters. The number of halogens is 2. The lowest BCUT2D eigenvalue weighted by atomic mass is 10.1. The lowest BCUT2D eigenvalue weighted by Gasteiger charge is -2.14. The number of nitriles is 1. The number of nitrogens with zero attached hydrogens (tertiary/aromatic N) is 3. The number of carbonyl (C=O) groups is 1. The molecule has 2 aromatic rings. The molecular weight excluding hydrogens is 311 g/mol. The minimum absolute atomic E-state index is 0.0103. The van der Waals surface area contributed by atoms with E-state index in [0.29, 0.717) is 5.56 Å². The largest absolute Gasteiger partial charge is 0.345 e. The Morgan fingerprint density at radius 2 is 1.95 bits per heavy atom. The van der Waals surface area contributed by atoms with E-state index in [1.165, 1.54) is 6.07 Å². The Balaban J connectivity index is 2.14. The average Bonchev–Trinajstić information content (AvgIpc) is 2.49. The predicted octanol–water partition coefficient (Wildman–Crippen LogP) is 3.15. The van der Waals surface area contributed by atoms with Crippen molar-refractivity contribution in [2.24, 2.45) is 0 Å². The molecule has 0 bridgehead atoms. The van der Waals surface area contributed by atoms with Crippen molar-refractivity contribution >= 4 is 29.1 Å². The fourth-order valence-corrected chi connectivity index (χ4v) is 2.04. The fourth-order valence-electron chi connectivity index (χ4n) is 1.72. The van der Waals surface area contributed by atoms with Crippen LogP contribution in [0, 0.1) is 11.3 Å². The maximum absolute atomic E-state index is 12.2. The van der Waals surface area contributed by atoms with Crippen molar-refractivity contribution < 1.29 is 4.79 Å². The molecule has 7 heteroatoms. The molecule has 0 aliphatic carbocycles. The van der Waals surface area contributed by atoms with Crippen LogP contribution < -0.4 is 5.32 Å². The van der Waals surface area contributed by atoms with Gasteiger partial charge in [0.15, 0.2) is 10.3 Å². The Labute approximate surface area is 131 Å². The van der Waals surface area contributed by atoms with Gasteiger partial charge in [0.2, 0.25) is 0 Å². The van der Waals surface area contributed by atoms with Crippen LogP contribution in [0.1, 0.15) is 34.5 Å². The van der Waals surface area contributed by atoms with E-state index in [-0.39, 0.29) is 21.9 Å². The molecule has 0 fully saturated rings. The zero-order valence-electron chi connectivity index (χ0n) is 11.0. The summed E-state index contributed by atoms with van der Waals surface area (Å²) in [6.07, 6.45) is 0. The zero-order chi connectivity index (χ0) is 15.4. The van der Waals surface area contributed by atoms with Gasteiger partial charge in [0.05, 0.1) is 23.2 Å². The smallest absolute Gasteiger partial charge is 0.255 e. The molecule has 0 aliphatic rings. The molecule has 0 spiro atoms. The fraction of sp³-hybridized carbons (Fsp3) is 0.143. The van der Waals surface area contributed by atoms with E-state index in [2.05, 4.69) is 15.5 Å². The van der Waals surface area contributed by atoms with Crippen LogP contribution in [0.2, 0.25) is 10.3 Å². The van der Waals surface area contributed by atoms with Crippen molar-refractivity contribution in [1.82, 2.24) is 15.5 Å². The second kappa shape index (κ2) is 6.53. The van der Waals surface area contributed by atoms with Gasteiger partial charge in [-0.05, 0) is 30.7 Å². The van der Waals surface area contributed by atoms with Crippen LogP contribution in [0.5, 0.6) is 0 Å². The van der Waals surface area contributed by atoms with Gasteiger partial charge in [-0.1, -0.05) is 35.3 Å². The maximum Gasteiger partial charge on any atom is 0.255 e. The first kappa shape index (κ1) is 15.2. The monoisotopic (exact) mass is 320 g/mol. The van der Waals surface area contributed by atoms with E-state index < -0.39 is 5.91 Å². The van der Waals surface area contributed by atoms with Crippen LogP contribution in [0.25, 0.3) is 0 Å². The molecule has 1 N–H and O–H groups in total. The summed E-state index contributed by atoms with van der Waals surface area (Å²) in [5.41, 5.74) is 1.59. The maximum atomic E-state index is 12.2. The molecule has 0 saturated carbocycles. The van der Waals surface area contributed by atoms with Crippen molar-refractivity contribution in [2.75, 3.05) is 0 Å². The highest BCUT2D eigenvalue weighted by Gasteiger charge is 2.16. The molecule has 0 aliphatic heterocycles. The quantitative estimate of drug-likeness (QED) is 0.942. The van der Waals surface area contributed by atoms with Crippen molar-refractivity contribution in [3.8, 4) is 6.07 Å². The third-order valence-electron chi connectivity index (χ3n) is 2.85. The second-order valence-electron chi connectivity index (χ2n) is 4.30. The molecule has 0 radical (unpaired) electrons. The zero-order valence-corrected chi connectivity index (χ0v) is 12.5. The molecule has 5 nitrogen and oxygen atoms in total. The topological polar surface area (TPSA) is 78.7 Å². The Bertz CT molecular complexity index is 710. The standard InChI is InChI=1S/C14H10Cl2N4O/c1-8(10-4-2-9(7-17)3-5-10)18-14(21)11-6-12(15)19-20-13(11)16/h2-6,8H,1H3,(H,18,21). The summed E-state index contributed by atoms with van der Waals surface area (Å²) in [4.78, 5) is 12.2. The highest BCUT2D eigenvalue weighted by molar-refractivity contribution is 6.34. The summed E-state index contributed by atoms with van der Waals surface area (Å²) in [7, 11) is 0. The number of carbonyl (C=O) groups excluding carboxylic acids is 1. The van der Waals surface area contributed by atoms with E-state index in [4.69, 9.17) is 28.5 Å². The minimum Gasteiger partial charge on any atom is -0.345 e. The summed E-state index contributed by atoms with van der Waals surface area (Å²) >= 11 is 11.5. The lowest BCUT2D eigenvalue weighted by molar-refractivity contribution is 0.0939. The normalized spacial score (nSPS) is 11.5. The van der Waals surface area contributed by atoms with Crippen LogP contribution in [0.15, 0.2) is 30.3 Å². The molecule has 1 heterocycles. The van der Waals surface area contributed by atoms with Gasteiger partial charge < -0.3 is 5.32 Å². The number of nitrogens with one attached hydrogen (secondary N) is 1. The summed E-state index contributed by atoms with van der Waals surface area (Å²) in [6, 6.07) is 10.1. The Kier molecular flexibility index (Phi) is 4.73. The van der Waals surface area contributed by atoms with Crippen LogP contribution >= 0.6 is 23.2 Å². The van der Waals surface area contributed by atoms with E-state index >= 15 is 0 Å². The number of amides is 1. The third kappa shape index (κ3) is 3.69. The van der Waals surface area contributed by atoms with Gasteiger partial charge in [-0.25, -0.2) is 0 Å². The molecule has 21 heavy (non-hydrogen) atoms. The number of hydrogen-bond acceptors (Lipinski definition) is 4. The van der Waals surface area contributed by atoms with Crippen LogP contribution in [0.3, 0.4) is 0 Å². The van der Waals surface area contributed by atoms with Gasteiger partial charge in [0.25, 0.3) is 5.91 Å². The van der Waals surface area contributed by atoms with Crippen LogP contribution in [0.4, 0.5) is 0 Å². The molecule has 1 aromatic carbocycles. The van der Waals surface area contributed by atoms with Gasteiger partial charge in [0, 0.05) is 0 Å². The summed E-state index contributed by atoms with van der Waals surface area (Å²) < 4.78 is 0. The van der Waals surface area contributed by atoms with Gasteiger partial charge in [-0.2, -0.15) is 5.26 Å². The number of rotatable bonds is 3. The number of benzene rings is 1. The average molecular weight is 321 g/mol. The van der Waals surface area contributed by atoms with Gasteiger partial charge >= 0.3 is 0 Å². The van der Waals surface area contributed by atoms with Crippen molar-refractivity contribution in [1.29, 1.82) is 5.26 Å². The van der Waals surface area contributed by atoms with Gasteiger partial charge in [-0.3, -0.25) is 4.79 Å². The SMILES string of the molecule is CC(NC(=O)c1cc(Cl)nnc1Cl)c1ccc(C#N)cc1. The molecule has 1 amide bonds. The highest BCUT2D eigenvalue weighted by atomic mass is 35.5. The first-order valence-electron chi connectivity index (χ1n) is 6.01. The van der Waals surface area contributed by atoms with Crippen molar-refractivity contribution in [2.45, 2.75) is 13.0 Å². The molecule has 2 rings (SSSR count). The number of aromatic nitrogens is 2. The van der Waals surface area contributed by atoms with Gasteiger partial charge in [-0.15, -0.1) is 10.2 Å². The van der Waals surface area contributed by atoms with E-state index in [0.717, 1.165) is 5.56 Å². The molecule has 0 saturated heterocycles. The summed E-state index contributed by atoms with van der Waals surface area (Å²) in [5.74, 6) is -0.395. The first-order chi connectivity index (χ1) is 10.0. The molecular formula is C14H10Cl2N4O. The second-order valence-corrected chi connectivity index (χ2v) is 5.05. The summed E-state index contributed by atoms with van der Waals surface area (Å²) in [6.45, 7) is 1.82. The Morgan fingerprint density at radius 3 is 2.57 bits per heavy atom. The number of hydrogen-bond donors (Lipinski definition) is 1. The van der Waals surface area contributed by atoms with E-state index in [1.54, 1.807) is 24.3 Å².